The van der Waals surface area contributed by atoms with Crippen LogP contribution in [0.1, 0.15) is 60.3 Å². The highest BCUT2D eigenvalue weighted by Crippen LogP contribution is 2.40. The third-order valence-electron chi connectivity index (χ3n) is 5.27. The van der Waals surface area contributed by atoms with Crippen molar-refractivity contribution >= 4 is 34.2 Å². The van der Waals surface area contributed by atoms with Gasteiger partial charge >= 0.3 is 6.61 Å². The number of carbonyl (C=O) groups excluding carboxylic acids is 1. The van der Waals surface area contributed by atoms with Crippen molar-refractivity contribution in [3.05, 3.63) is 46.2 Å². The minimum Gasteiger partial charge on any atom is -0.433 e. The molecule has 6 nitrogen and oxygen atoms in total. The number of halogens is 3. The maximum atomic E-state index is 13.2. The molecule has 0 unspecified atom stereocenters. The summed E-state index contributed by atoms with van der Waals surface area (Å²) in [5.74, 6) is -0.109. The first-order valence-corrected chi connectivity index (χ1v) is 10.7. The van der Waals surface area contributed by atoms with E-state index in [1.165, 1.54) is 18.2 Å². The van der Waals surface area contributed by atoms with Gasteiger partial charge in [0.15, 0.2) is 5.65 Å². The van der Waals surface area contributed by atoms with Crippen molar-refractivity contribution in [1.82, 2.24) is 14.8 Å². The molecule has 0 saturated heterocycles. The van der Waals surface area contributed by atoms with Crippen molar-refractivity contribution in [2.45, 2.75) is 58.6 Å². The summed E-state index contributed by atoms with van der Waals surface area (Å²) in [6.07, 6.45) is 4.12. The van der Waals surface area contributed by atoms with Crippen LogP contribution in [0.25, 0.3) is 11.0 Å². The van der Waals surface area contributed by atoms with Crippen LogP contribution in [0.3, 0.4) is 0 Å². The second-order valence-electron chi connectivity index (χ2n) is 7.71. The number of anilines is 1. The van der Waals surface area contributed by atoms with Gasteiger partial charge in [-0.25, -0.2) is 9.67 Å². The van der Waals surface area contributed by atoms with Crippen molar-refractivity contribution in [3.63, 3.8) is 0 Å². The van der Waals surface area contributed by atoms with E-state index in [1.54, 1.807) is 0 Å². The van der Waals surface area contributed by atoms with Crippen LogP contribution in [0.4, 0.5) is 14.5 Å². The van der Waals surface area contributed by atoms with Crippen LogP contribution < -0.4 is 10.1 Å². The SMILES string of the molecule is CCCCn1nc(C)c2c(C(=O)Nc3ccc(OC(F)F)c(Cl)c3)cc(C3CC3)nc21. The lowest BCUT2D eigenvalue weighted by Crippen LogP contribution is -2.14. The lowest BCUT2D eigenvalue weighted by atomic mass is 10.1. The second kappa shape index (κ2) is 8.78. The molecule has 1 aliphatic carbocycles. The largest absolute Gasteiger partial charge is 0.433 e. The smallest absolute Gasteiger partial charge is 0.387 e. The van der Waals surface area contributed by atoms with Crippen molar-refractivity contribution < 1.29 is 18.3 Å². The first-order chi connectivity index (χ1) is 14.9. The molecule has 9 heteroatoms. The van der Waals surface area contributed by atoms with Gasteiger partial charge in [0.05, 0.1) is 21.7 Å². The van der Waals surface area contributed by atoms with Gasteiger partial charge in [-0.15, -0.1) is 0 Å². The highest BCUT2D eigenvalue weighted by atomic mass is 35.5. The Kier molecular flexibility index (Phi) is 6.09. The minimum absolute atomic E-state index is 0.0137. The van der Waals surface area contributed by atoms with E-state index < -0.39 is 6.61 Å². The van der Waals surface area contributed by atoms with Gasteiger partial charge in [-0.3, -0.25) is 4.79 Å². The average Bonchev–Trinajstić information content (AvgIpc) is 3.52. The van der Waals surface area contributed by atoms with Crippen LogP contribution in [0.2, 0.25) is 5.02 Å². The fourth-order valence-electron chi connectivity index (χ4n) is 3.57. The zero-order chi connectivity index (χ0) is 22.1. The molecule has 164 valence electrons. The lowest BCUT2D eigenvalue weighted by Gasteiger charge is -2.11. The number of nitrogens with zero attached hydrogens (tertiary/aromatic N) is 3. The molecule has 0 atom stereocenters. The molecule has 4 rings (SSSR count). The molecular weight excluding hydrogens is 426 g/mol. The van der Waals surface area contributed by atoms with Crippen molar-refractivity contribution in [1.29, 1.82) is 0 Å². The molecule has 2 aromatic heterocycles. The van der Waals surface area contributed by atoms with Gasteiger partial charge in [0.25, 0.3) is 5.91 Å². The molecule has 0 spiro atoms. The number of ether oxygens (including phenoxy) is 1. The summed E-state index contributed by atoms with van der Waals surface area (Å²) in [4.78, 5) is 18.0. The van der Waals surface area contributed by atoms with Crippen LogP contribution >= 0.6 is 11.6 Å². The van der Waals surface area contributed by atoms with Gasteiger partial charge in [-0.1, -0.05) is 24.9 Å². The lowest BCUT2D eigenvalue weighted by molar-refractivity contribution is -0.0497. The van der Waals surface area contributed by atoms with Crippen molar-refractivity contribution in [3.8, 4) is 5.75 Å². The van der Waals surface area contributed by atoms with Crippen LogP contribution in [0.5, 0.6) is 5.75 Å². The topological polar surface area (TPSA) is 69.0 Å². The number of hydrogen-bond donors (Lipinski definition) is 1. The predicted molar refractivity (Wildman–Crippen MR) is 115 cm³/mol. The van der Waals surface area contributed by atoms with E-state index in [9.17, 15) is 13.6 Å². The first-order valence-electron chi connectivity index (χ1n) is 10.3. The molecule has 1 aromatic carbocycles. The van der Waals surface area contributed by atoms with Gasteiger partial charge in [0.1, 0.15) is 5.75 Å². The van der Waals surface area contributed by atoms with E-state index in [0.717, 1.165) is 54.6 Å². The maximum absolute atomic E-state index is 13.2. The molecule has 0 radical (unpaired) electrons. The molecule has 31 heavy (non-hydrogen) atoms. The molecule has 0 aliphatic heterocycles. The highest BCUT2D eigenvalue weighted by molar-refractivity contribution is 6.32. The molecular formula is C22H23ClF2N4O2. The predicted octanol–water partition coefficient (Wildman–Crippen LogP) is 5.92. The molecule has 1 aliphatic rings. The Bertz CT molecular complexity index is 1130. The number of amides is 1. The molecule has 3 aromatic rings. The Labute approximate surface area is 183 Å². The quantitative estimate of drug-likeness (QED) is 0.464. The summed E-state index contributed by atoms with van der Waals surface area (Å²) in [7, 11) is 0. The monoisotopic (exact) mass is 448 g/mol. The van der Waals surface area contributed by atoms with E-state index in [0.29, 0.717) is 17.2 Å². The molecule has 2 heterocycles. The van der Waals surface area contributed by atoms with Gasteiger partial charge in [-0.2, -0.15) is 13.9 Å². The number of unbranched alkanes of at least 4 members (excludes halogenated alkanes) is 1. The van der Waals surface area contributed by atoms with E-state index >= 15 is 0 Å². The third-order valence-corrected chi connectivity index (χ3v) is 5.56. The Morgan fingerprint density at radius 1 is 1.35 bits per heavy atom. The number of nitrogens with one attached hydrogen (secondary N) is 1. The van der Waals surface area contributed by atoms with Gasteiger partial charge in [0.2, 0.25) is 0 Å². The van der Waals surface area contributed by atoms with Crippen molar-refractivity contribution in [2.24, 2.45) is 0 Å². The van der Waals surface area contributed by atoms with Gasteiger partial charge < -0.3 is 10.1 Å². The van der Waals surface area contributed by atoms with Gasteiger partial charge in [0, 0.05) is 23.8 Å². The molecule has 0 bridgehead atoms. The molecule has 1 saturated carbocycles. The summed E-state index contributed by atoms with van der Waals surface area (Å²) in [6, 6.07) is 5.99. The number of rotatable bonds is 8. The van der Waals surface area contributed by atoms with Crippen LogP contribution in [-0.4, -0.2) is 27.3 Å². The number of fused-ring (bicyclic) bond motifs is 1. The highest BCUT2D eigenvalue weighted by Gasteiger charge is 2.29. The zero-order valence-corrected chi connectivity index (χ0v) is 18.0. The van der Waals surface area contributed by atoms with E-state index in [1.807, 2.05) is 17.7 Å². The Morgan fingerprint density at radius 2 is 2.13 bits per heavy atom. The Morgan fingerprint density at radius 3 is 2.77 bits per heavy atom. The fourth-order valence-corrected chi connectivity index (χ4v) is 3.80. The number of aryl methyl sites for hydroxylation is 2. The van der Waals surface area contributed by atoms with Gasteiger partial charge in [-0.05, 0) is 50.5 Å². The Balaban J connectivity index is 1.69. The maximum Gasteiger partial charge on any atom is 0.387 e. The van der Waals surface area contributed by atoms with E-state index in [4.69, 9.17) is 16.6 Å². The number of aromatic nitrogens is 3. The second-order valence-corrected chi connectivity index (χ2v) is 8.11. The summed E-state index contributed by atoms with van der Waals surface area (Å²) >= 11 is 6.02. The number of benzene rings is 1. The van der Waals surface area contributed by atoms with Crippen molar-refractivity contribution in [2.75, 3.05) is 5.32 Å². The first kappa shape index (κ1) is 21.5. The Hall–Kier alpha value is -2.74. The van der Waals surface area contributed by atoms with E-state index in [-0.39, 0.29) is 16.7 Å². The third kappa shape index (κ3) is 4.63. The number of alkyl halides is 2. The zero-order valence-electron chi connectivity index (χ0n) is 17.3. The summed E-state index contributed by atoms with van der Waals surface area (Å²) < 4.78 is 31.1. The average molecular weight is 449 g/mol. The normalized spacial score (nSPS) is 13.7. The molecule has 1 amide bonds. The number of carbonyl (C=O) groups is 1. The summed E-state index contributed by atoms with van der Waals surface area (Å²) in [5.41, 5.74) is 3.24. The van der Waals surface area contributed by atoms with E-state index in [2.05, 4.69) is 22.1 Å². The minimum atomic E-state index is -2.98. The fraction of sp³-hybridized carbons (Fsp3) is 0.409. The van der Waals surface area contributed by atoms with Crippen LogP contribution in [0.15, 0.2) is 24.3 Å². The summed E-state index contributed by atoms with van der Waals surface area (Å²) in [5, 5.41) is 8.13. The molecule has 1 fully saturated rings. The number of pyridine rings is 1. The molecule has 1 N–H and O–H groups in total. The van der Waals surface area contributed by atoms with Crippen LogP contribution in [-0.2, 0) is 6.54 Å². The van der Waals surface area contributed by atoms with Crippen LogP contribution in [0, 0.1) is 6.92 Å². The summed E-state index contributed by atoms with van der Waals surface area (Å²) in [6.45, 7) is 1.75. The number of hydrogen-bond acceptors (Lipinski definition) is 4. The standard InChI is InChI=1S/C22H23ClF2N4O2/c1-3-4-9-29-20-19(12(2)28-29)15(11-17(27-20)13-5-6-13)21(30)26-14-7-8-18(16(23)10-14)31-22(24)25/h7-8,10-11,13,22H,3-6,9H2,1-2H3,(H,26,30).